The maximum absolute atomic E-state index is 12.0. The summed E-state index contributed by atoms with van der Waals surface area (Å²) in [6.45, 7) is 4.01. The average molecular weight is 445 g/mol. The Hall–Kier alpha value is -2.41. The van der Waals surface area contributed by atoms with Gasteiger partial charge < -0.3 is 9.88 Å². The summed E-state index contributed by atoms with van der Waals surface area (Å²) in [6.07, 6.45) is 6.83. The third-order valence-corrected chi connectivity index (χ3v) is 5.60. The van der Waals surface area contributed by atoms with Crippen LogP contribution in [0.15, 0.2) is 39.9 Å². The third kappa shape index (κ3) is 4.90. The van der Waals surface area contributed by atoms with Crippen LogP contribution in [0, 0.1) is 13.8 Å². The van der Waals surface area contributed by atoms with Crippen molar-refractivity contribution in [2.24, 2.45) is 5.10 Å². The Bertz CT molecular complexity index is 881. The van der Waals surface area contributed by atoms with E-state index in [2.05, 4.69) is 36.3 Å². The van der Waals surface area contributed by atoms with Crippen LogP contribution in [0.25, 0.3) is 5.69 Å². The molecule has 0 radical (unpaired) electrons. The Morgan fingerprint density at radius 3 is 2.46 bits per heavy atom. The molecule has 2 aromatic rings. The summed E-state index contributed by atoms with van der Waals surface area (Å²) in [5.41, 5.74) is 6.32. The van der Waals surface area contributed by atoms with Crippen molar-refractivity contribution >= 4 is 34.0 Å². The van der Waals surface area contributed by atoms with Crippen molar-refractivity contribution < 1.29 is 9.59 Å². The molecule has 0 atom stereocenters. The van der Waals surface area contributed by atoms with Crippen molar-refractivity contribution in [3.8, 4) is 5.69 Å². The van der Waals surface area contributed by atoms with E-state index >= 15 is 0 Å². The summed E-state index contributed by atoms with van der Waals surface area (Å²) in [5.74, 6) is -1.35. The average Bonchev–Trinajstić information content (AvgIpc) is 2.97. The number of carbonyl (C=O) groups is 2. The van der Waals surface area contributed by atoms with Crippen molar-refractivity contribution in [3.63, 3.8) is 0 Å². The zero-order chi connectivity index (χ0) is 20.1. The van der Waals surface area contributed by atoms with Gasteiger partial charge in [-0.05, 0) is 57.0 Å². The molecule has 7 heteroatoms. The molecule has 0 unspecified atom stereocenters. The highest BCUT2D eigenvalue weighted by atomic mass is 79.9. The fraction of sp³-hybridized carbons (Fsp3) is 0.381. The van der Waals surface area contributed by atoms with E-state index in [0.717, 1.165) is 52.8 Å². The lowest BCUT2D eigenvalue weighted by molar-refractivity contribution is -0.139. The van der Waals surface area contributed by atoms with E-state index in [0.29, 0.717) is 0 Å². The Morgan fingerprint density at radius 2 is 1.79 bits per heavy atom. The number of halogens is 1. The van der Waals surface area contributed by atoms with Crippen LogP contribution in [0.5, 0.6) is 0 Å². The molecule has 1 aromatic heterocycles. The van der Waals surface area contributed by atoms with Gasteiger partial charge in [-0.3, -0.25) is 9.59 Å². The number of rotatable bonds is 4. The van der Waals surface area contributed by atoms with Gasteiger partial charge in [0.15, 0.2) is 0 Å². The largest absolute Gasteiger partial charge is 0.345 e. The van der Waals surface area contributed by atoms with Crippen LogP contribution in [0.1, 0.15) is 49.1 Å². The molecule has 28 heavy (non-hydrogen) atoms. The SMILES string of the molecule is Cc1cc(/C=N\NC(=O)C(=O)NC2CCCCC2)c(C)n1-c1ccc(Br)cc1. The molecule has 0 saturated heterocycles. The monoisotopic (exact) mass is 444 g/mol. The van der Waals surface area contributed by atoms with Gasteiger partial charge in [-0.25, -0.2) is 5.43 Å². The number of hydrogen-bond donors (Lipinski definition) is 2. The summed E-state index contributed by atoms with van der Waals surface area (Å²) in [6, 6.07) is 10.1. The van der Waals surface area contributed by atoms with Crippen molar-refractivity contribution in [2.45, 2.75) is 52.0 Å². The van der Waals surface area contributed by atoms with Gasteiger partial charge in [0.1, 0.15) is 0 Å². The van der Waals surface area contributed by atoms with Crippen molar-refractivity contribution in [2.75, 3.05) is 0 Å². The molecule has 1 aliphatic carbocycles. The smallest absolute Gasteiger partial charge is 0.329 e. The number of benzene rings is 1. The van der Waals surface area contributed by atoms with E-state index in [1.165, 1.54) is 6.42 Å². The number of amides is 2. The van der Waals surface area contributed by atoms with Gasteiger partial charge in [0.25, 0.3) is 0 Å². The number of carbonyl (C=O) groups excluding carboxylic acids is 2. The summed E-state index contributed by atoms with van der Waals surface area (Å²) in [5, 5.41) is 6.76. The second-order valence-corrected chi connectivity index (χ2v) is 8.06. The number of hydrazone groups is 1. The molecule has 6 nitrogen and oxygen atoms in total. The lowest BCUT2D eigenvalue weighted by Crippen LogP contribution is -2.44. The molecule has 1 fully saturated rings. The summed E-state index contributed by atoms with van der Waals surface area (Å²) in [4.78, 5) is 24.0. The molecule has 148 valence electrons. The minimum atomic E-state index is -0.733. The first-order valence-electron chi connectivity index (χ1n) is 9.54. The molecular weight excluding hydrogens is 420 g/mol. The Kier molecular flexibility index (Phi) is 6.67. The van der Waals surface area contributed by atoms with Crippen molar-refractivity contribution in [3.05, 3.63) is 51.8 Å². The normalized spacial score (nSPS) is 15.0. The van der Waals surface area contributed by atoms with E-state index in [-0.39, 0.29) is 6.04 Å². The highest BCUT2D eigenvalue weighted by Gasteiger charge is 2.20. The summed E-state index contributed by atoms with van der Waals surface area (Å²) >= 11 is 3.45. The molecule has 2 amide bonds. The molecule has 3 rings (SSSR count). The lowest BCUT2D eigenvalue weighted by Gasteiger charge is -2.22. The highest BCUT2D eigenvalue weighted by molar-refractivity contribution is 9.10. The molecule has 0 spiro atoms. The second kappa shape index (κ2) is 9.19. The van der Waals surface area contributed by atoms with Crippen LogP contribution in [-0.2, 0) is 9.59 Å². The Balaban J connectivity index is 1.62. The quantitative estimate of drug-likeness (QED) is 0.427. The van der Waals surface area contributed by atoms with Crippen LogP contribution >= 0.6 is 15.9 Å². The van der Waals surface area contributed by atoms with Gasteiger partial charge in [-0.1, -0.05) is 35.2 Å². The Labute approximate surface area is 173 Å². The first-order valence-corrected chi connectivity index (χ1v) is 10.3. The number of nitrogens with one attached hydrogen (secondary N) is 2. The predicted molar refractivity (Wildman–Crippen MR) is 114 cm³/mol. The number of aromatic nitrogens is 1. The van der Waals surface area contributed by atoms with Gasteiger partial charge in [-0.15, -0.1) is 0 Å². The zero-order valence-electron chi connectivity index (χ0n) is 16.2. The molecule has 2 N–H and O–H groups in total. The van der Waals surface area contributed by atoms with Gasteiger partial charge in [0.05, 0.1) is 6.21 Å². The van der Waals surface area contributed by atoms with Crippen LogP contribution < -0.4 is 10.7 Å². The standard InChI is InChI=1S/C21H25BrN4O2/c1-14-12-16(15(2)26(14)19-10-8-17(22)9-11-19)13-23-25-21(28)20(27)24-18-6-4-3-5-7-18/h8-13,18H,3-7H2,1-2H3,(H,24,27)(H,25,28)/b23-13-. The molecule has 1 heterocycles. The van der Waals surface area contributed by atoms with Crippen LogP contribution in [0.3, 0.4) is 0 Å². The first-order chi connectivity index (χ1) is 13.5. The van der Waals surface area contributed by atoms with E-state index < -0.39 is 11.8 Å². The highest BCUT2D eigenvalue weighted by Crippen LogP contribution is 2.21. The summed E-state index contributed by atoms with van der Waals surface area (Å²) < 4.78 is 3.14. The first kappa shape index (κ1) is 20.3. The number of aryl methyl sites for hydroxylation is 1. The zero-order valence-corrected chi connectivity index (χ0v) is 17.8. The number of nitrogens with zero attached hydrogens (tertiary/aromatic N) is 2. The van der Waals surface area contributed by atoms with Crippen molar-refractivity contribution in [1.29, 1.82) is 0 Å². The maximum Gasteiger partial charge on any atom is 0.329 e. The van der Waals surface area contributed by atoms with E-state index in [9.17, 15) is 9.59 Å². The third-order valence-electron chi connectivity index (χ3n) is 5.07. The van der Waals surface area contributed by atoms with Crippen molar-refractivity contribution in [1.82, 2.24) is 15.3 Å². The Morgan fingerprint density at radius 1 is 1.11 bits per heavy atom. The van der Waals surface area contributed by atoms with Crippen LogP contribution in [0.2, 0.25) is 0 Å². The van der Waals surface area contributed by atoms with E-state index in [1.54, 1.807) is 6.21 Å². The lowest BCUT2D eigenvalue weighted by atomic mass is 9.95. The molecule has 1 saturated carbocycles. The molecule has 1 aromatic carbocycles. The van der Waals surface area contributed by atoms with Crippen LogP contribution in [-0.4, -0.2) is 28.6 Å². The minimum absolute atomic E-state index is 0.0980. The van der Waals surface area contributed by atoms with E-state index in [4.69, 9.17) is 0 Å². The van der Waals surface area contributed by atoms with Gasteiger partial charge >= 0.3 is 11.8 Å². The van der Waals surface area contributed by atoms with E-state index in [1.807, 2.05) is 44.2 Å². The summed E-state index contributed by atoms with van der Waals surface area (Å²) in [7, 11) is 0. The molecule has 1 aliphatic rings. The van der Waals surface area contributed by atoms with Gasteiger partial charge in [0.2, 0.25) is 0 Å². The fourth-order valence-corrected chi connectivity index (χ4v) is 3.88. The van der Waals surface area contributed by atoms with Gasteiger partial charge in [-0.2, -0.15) is 5.10 Å². The predicted octanol–water partition coefficient (Wildman–Crippen LogP) is 3.76. The van der Waals surface area contributed by atoms with Gasteiger partial charge in [0, 0.05) is 33.2 Å². The topological polar surface area (TPSA) is 75.5 Å². The minimum Gasteiger partial charge on any atom is -0.345 e. The molecule has 0 bridgehead atoms. The molecular formula is C21H25BrN4O2. The fourth-order valence-electron chi connectivity index (χ4n) is 3.61. The second-order valence-electron chi connectivity index (χ2n) is 7.15. The number of hydrogen-bond acceptors (Lipinski definition) is 3. The van der Waals surface area contributed by atoms with Crippen LogP contribution in [0.4, 0.5) is 0 Å². The molecule has 0 aliphatic heterocycles. The maximum atomic E-state index is 12.0.